The van der Waals surface area contributed by atoms with Crippen LogP contribution in [0.25, 0.3) is 0 Å². The zero-order chi connectivity index (χ0) is 13.3. The summed E-state index contributed by atoms with van der Waals surface area (Å²) >= 11 is 3.18. The highest BCUT2D eigenvalue weighted by Crippen LogP contribution is 2.27. The third kappa shape index (κ3) is 2.33. The molecular formula is C12H12BrNO4. The summed E-state index contributed by atoms with van der Waals surface area (Å²) in [6, 6.07) is 3.75. The minimum Gasteiger partial charge on any atom is -0.507 e. The van der Waals surface area contributed by atoms with Crippen LogP contribution in [-0.4, -0.2) is 39.6 Å². The van der Waals surface area contributed by atoms with E-state index in [1.165, 1.54) is 17.0 Å². The fourth-order valence-electron chi connectivity index (χ4n) is 2.11. The van der Waals surface area contributed by atoms with E-state index in [-0.39, 0.29) is 11.3 Å². The fraction of sp³-hybridized carbons (Fsp3) is 0.333. The number of aromatic hydroxyl groups is 1. The molecule has 2 N–H and O–H groups in total. The van der Waals surface area contributed by atoms with Crippen LogP contribution in [0.5, 0.6) is 5.75 Å². The Balaban J connectivity index is 2.28. The van der Waals surface area contributed by atoms with Gasteiger partial charge in [0.15, 0.2) is 0 Å². The Morgan fingerprint density at radius 3 is 2.72 bits per heavy atom. The Hall–Kier alpha value is -1.56. The van der Waals surface area contributed by atoms with Gasteiger partial charge in [0.05, 0.1) is 5.56 Å². The molecular weight excluding hydrogens is 302 g/mol. The zero-order valence-electron chi connectivity index (χ0n) is 9.47. The molecule has 1 aliphatic rings. The van der Waals surface area contributed by atoms with Crippen molar-refractivity contribution >= 4 is 27.8 Å². The Kier molecular flexibility index (Phi) is 3.56. The Morgan fingerprint density at radius 2 is 2.11 bits per heavy atom. The summed E-state index contributed by atoms with van der Waals surface area (Å²) in [5.41, 5.74) is 0.131. The maximum absolute atomic E-state index is 12.2. The number of phenols is 1. The highest BCUT2D eigenvalue weighted by Gasteiger charge is 2.35. The summed E-state index contributed by atoms with van der Waals surface area (Å²) in [6.07, 6.45) is 1.12. The van der Waals surface area contributed by atoms with Crippen molar-refractivity contribution < 1.29 is 19.8 Å². The number of rotatable bonds is 2. The van der Waals surface area contributed by atoms with Crippen molar-refractivity contribution in [1.29, 1.82) is 0 Å². The van der Waals surface area contributed by atoms with Gasteiger partial charge in [0.25, 0.3) is 5.91 Å². The van der Waals surface area contributed by atoms with Gasteiger partial charge in [0.1, 0.15) is 11.8 Å². The summed E-state index contributed by atoms with van der Waals surface area (Å²) < 4.78 is 0.660. The summed E-state index contributed by atoms with van der Waals surface area (Å²) in [6.45, 7) is 0.408. The second kappa shape index (κ2) is 4.97. The van der Waals surface area contributed by atoms with Crippen LogP contribution in [0.2, 0.25) is 0 Å². The molecule has 1 aliphatic heterocycles. The minimum atomic E-state index is -1.00. The molecule has 1 fully saturated rings. The van der Waals surface area contributed by atoms with Crippen molar-refractivity contribution in [3.63, 3.8) is 0 Å². The molecule has 1 unspecified atom stereocenters. The van der Waals surface area contributed by atoms with Crippen molar-refractivity contribution in [2.45, 2.75) is 18.9 Å². The molecule has 0 bridgehead atoms. The third-order valence-corrected chi connectivity index (χ3v) is 3.48. The molecule has 0 saturated carbocycles. The van der Waals surface area contributed by atoms with Crippen LogP contribution in [0, 0.1) is 0 Å². The molecule has 1 atom stereocenters. The molecule has 6 heteroatoms. The maximum Gasteiger partial charge on any atom is 0.326 e. The van der Waals surface area contributed by atoms with Crippen LogP contribution < -0.4 is 0 Å². The van der Waals surface area contributed by atoms with Crippen molar-refractivity contribution in [2.24, 2.45) is 0 Å². The SMILES string of the molecule is O=C(O)C1CCCN1C(=O)c1ccc(Br)cc1O. The van der Waals surface area contributed by atoms with E-state index >= 15 is 0 Å². The van der Waals surface area contributed by atoms with Crippen LogP contribution in [0.1, 0.15) is 23.2 Å². The van der Waals surface area contributed by atoms with E-state index in [4.69, 9.17) is 5.11 Å². The molecule has 1 saturated heterocycles. The van der Waals surface area contributed by atoms with Crippen molar-refractivity contribution in [3.05, 3.63) is 28.2 Å². The highest BCUT2D eigenvalue weighted by atomic mass is 79.9. The predicted octanol–water partition coefficient (Wildman–Crippen LogP) is 1.84. The lowest BCUT2D eigenvalue weighted by molar-refractivity contribution is -0.141. The molecule has 0 radical (unpaired) electrons. The second-order valence-corrected chi connectivity index (χ2v) is 5.07. The van der Waals surface area contributed by atoms with E-state index in [1.54, 1.807) is 6.07 Å². The highest BCUT2D eigenvalue weighted by molar-refractivity contribution is 9.10. The van der Waals surface area contributed by atoms with Gasteiger partial charge < -0.3 is 15.1 Å². The number of aliphatic carboxylic acids is 1. The van der Waals surface area contributed by atoms with Gasteiger partial charge in [-0.15, -0.1) is 0 Å². The Labute approximate surface area is 112 Å². The number of carbonyl (C=O) groups is 2. The molecule has 0 spiro atoms. The van der Waals surface area contributed by atoms with Gasteiger partial charge in [-0.1, -0.05) is 15.9 Å². The number of hydrogen-bond donors (Lipinski definition) is 2. The quantitative estimate of drug-likeness (QED) is 0.873. The summed E-state index contributed by atoms with van der Waals surface area (Å²) in [5.74, 6) is -1.59. The van der Waals surface area contributed by atoms with E-state index < -0.39 is 17.9 Å². The molecule has 18 heavy (non-hydrogen) atoms. The lowest BCUT2D eigenvalue weighted by atomic mass is 10.1. The van der Waals surface area contributed by atoms with E-state index in [0.717, 1.165) is 0 Å². The first kappa shape index (κ1) is 12.9. The Morgan fingerprint density at radius 1 is 1.39 bits per heavy atom. The molecule has 1 heterocycles. The van der Waals surface area contributed by atoms with E-state index in [0.29, 0.717) is 23.9 Å². The van der Waals surface area contributed by atoms with Crippen molar-refractivity contribution in [1.82, 2.24) is 4.90 Å². The van der Waals surface area contributed by atoms with Crippen LogP contribution >= 0.6 is 15.9 Å². The number of hydrogen-bond acceptors (Lipinski definition) is 3. The van der Waals surface area contributed by atoms with Gasteiger partial charge in [-0.25, -0.2) is 4.79 Å². The largest absolute Gasteiger partial charge is 0.507 e. The van der Waals surface area contributed by atoms with E-state index in [9.17, 15) is 14.7 Å². The van der Waals surface area contributed by atoms with Crippen LogP contribution in [-0.2, 0) is 4.79 Å². The average molecular weight is 314 g/mol. The molecule has 0 aromatic heterocycles. The number of carbonyl (C=O) groups excluding carboxylic acids is 1. The molecule has 0 aliphatic carbocycles. The number of carboxylic acid groups (broad SMARTS) is 1. The van der Waals surface area contributed by atoms with Crippen molar-refractivity contribution in [2.75, 3.05) is 6.54 Å². The van der Waals surface area contributed by atoms with Crippen molar-refractivity contribution in [3.8, 4) is 5.75 Å². The molecule has 1 aromatic carbocycles. The first-order valence-corrected chi connectivity index (χ1v) is 6.32. The number of carboxylic acids is 1. The van der Waals surface area contributed by atoms with E-state index in [2.05, 4.69) is 15.9 Å². The predicted molar refractivity (Wildman–Crippen MR) is 67.5 cm³/mol. The minimum absolute atomic E-state index is 0.131. The number of benzene rings is 1. The average Bonchev–Trinajstić information content (AvgIpc) is 2.77. The van der Waals surface area contributed by atoms with Gasteiger partial charge in [0, 0.05) is 11.0 Å². The van der Waals surface area contributed by atoms with Gasteiger partial charge >= 0.3 is 5.97 Å². The third-order valence-electron chi connectivity index (χ3n) is 2.99. The number of amides is 1. The number of phenolic OH excluding ortho intramolecular Hbond substituents is 1. The summed E-state index contributed by atoms with van der Waals surface area (Å²) in [4.78, 5) is 24.5. The standard InChI is InChI=1S/C12H12BrNO4/c13-7-3-4-8(10(15)6-7)11(16)14-5-1-2-9(14)12(17)18/h3-4,6,9,15H,1-2,5H2,(H,17,18). The lowest BCUT2D eigenvalue weighted by Gasteiger charge is -2.21. The van der Waals surface area contributed by atoms with Crippen LogP contribution in [0.4, 0.5) is 0 Å². The normalized spacial score (nSPS) is 18.9. The molecule has 1 amide bonds. The Bertz CT molecular complexity index is 503. The lowest BCUT2D eigenvalue weighted by Crippen LogP contribution is -2.40. The van der Waals surface area contributed by atoms with E-state index in [1.807, 2.05) is 0 Å². The second-order valence-electron chi connectivity index (χ2n) is 4.16. The number of halogens is 1. The summed E-state index contributed by atoms with van der Waals surface area (Å²) in [5, 5.41) is 18.8. The zero-order valence-corrected chi connectivity index (χ0v) is 11.1. The number of likely N-dealkylation sites (tertiary alicyclic amines) is 1. The van der Waals surface area contributed by atoms with Crippen LogP contribution in [0.15, 0.2) is 22.7 Å². The molecule has 1 aromatic rings. The van der Waals surface area contributed by atoms with Gasteiger partial charge in [0.2, 0.25) is 0 Å². The first-order valence-electron chi connectivity index (χ1n) is 5.53. The van der Waals surface area contributed by atoms with Crippen LogP contribution in [0.3, 0.4) is 0 Å². The number of nitrogens with zero attached hydrogens (tertiary/aromatic N) is 1. The molecule has 96 valence electrons. The van der Waals surface area contributed by atoms with Gasteiger partial charge in [-0.2, -0.15) is 0 Å². The molecule has 2 rings (SSSR count). The van der Waals surface area contributed by atoms with Gasteiger partial charge in [-0.3, -0.25) is 4.79 Å². The molecule has 5 nitrogen and oxygen atoms in total. The topological polar surface area (TPSA) is 77.8 Å². The maximum atomic E-state index is 12.2. The monoisotopic (exact) mass is 313 g/mol. The first-order chi connectivity index (χ1) is 8.50. The summed E-state index contributed by atoms with van der Waals surface area (Å²) in [7, 11) is 0. The smallest absolute Gasteiger partial charge is 0.326 e. The van der Waals surface area contributed by atoms with Gasteiger partial charge in [-0.05, 0) is 31.0 Å². The fourth-order valence-corrected chi connectivity index (χ4v) is 2.46.